The van der Waals surface area contributed by atoms with Gasteiger partial charge in [-0.3, -0.25) is 19.2 Å². The third-order valence-corrected chi connectivity index (χ3v) is 5.85. The van der Waals surface area contributed by atoms with Gasteiger partial charge in [0.15, 0.2) is 5.78 Å². The number of benzene rings is 1. The molecule has 9 heteroatoms. The van der Waals surface area contributed by atoms with Crippen LogP contribution < -0.4 is 10.2 Å². The molecule has 1 aliphatic carbocycles. The summed E-state index contributed by atoms with van der Waals surface area (Å²) in [5, 5.41) is 3.15. The molecule has 1 N–H and O–H groups in total. The van der Waals surface area contributed by atoms with Crippen molar-refractivity contribution in [3.63, 3.8) is 0 Å². The number of nitrogens with one attached hydrogen (secondary N) is 1. The fraction of sp³-hybridized carbons (Fsp3) is 0.520. The van der Waals surface area contributed by atoms with E-state index in [2.05, 4.69) is 10.1 Å². The lowest BCUT2D eigenvalue weighted by Crippen LogP contribution is -2.36. The number of anilines is 1. The Kier molecular flexibility index (Phi) is 11.3. The molecule has 2 amide bonds. The van der Waals surface area contributed by atoms with Crippen LogP contribution in [0.3, 0.4) is 0 Å². The van der Waals surface area contributed by atoms with Crippen molar-refractivity contribution in [2.45, 2.75) is 38.5 Å². The summed E-state index contributed by atoms with van der Waals surface area (Å²) in [5.74, 6) is -0.629. The van der Waals surface area contributed by atoms with Crippen molar-refractivity contribution in [2.24, 2.45) is 0 Å². The van der Waals surface area contributed by atoms with E-state index in [-0.39, 0.29) is 24.0 Å². The molecular weight excluding hydrogens is 438 g/mol. The molecule has 0 bridgehead atoms. The van der Waals surface area contributed by atoms with Crippen LogP contribution >= 0.6 is 0 Å². The minimum absolute atomic E-state index is 0.0138. The van der Waals surface area contributed by atoms with E-state index in [0.29, 0.717) is 50.5 Å². The minimum Gasteiger partial charge on any atom is -0.468 e. The maximum Gasteiger partial charge on any atom is 0.293 e. The van der Waals surface area contributed by atoms with Crippen LogP contribution in [0.15, 0.2) is 35.5 Å². The number of rotatable bonds is 14. The number of ether oxygens (including phenoxy) is 2. The van der Waals surface area contributed by atoms with Gasteiger partial charge in [-0.25, -0.2) is 0 Å². The number of likely N-dealkylation sites (N-methyl/N-ethyl adjacent to an activating group) is 1. The Bertz CT molecular complexity index is 881. The predicted molar refractivity (Wildman–Crippen MR) is 128 cm³/mol. The minimum atomic E-state index is -0.338. The summed E-state index contributed by atoms with van der Waals surface area (Å²) in [5.41, 5.74) is 3.04. The van der Waals surface area contributed by atoms with E-state index in [0.717, 1.165) is 37.0 Å². The number of ketones is 1. The van der Waals surface area contributed by atoms with Gasteiger partial charge in [-0.1, -0.05) is 0 Å². The maximum absolute atomic E-state index is 12.9. The van der Waals surface area contributed by atoms with Crippen molar-refractivity contribution in [2.75, 3.05) is 52.4 Å². The molecule has 1 aromatic rings. The second kappa shape index (κ2) is 14.1. The van der Waals surface area contributed by atoms with E-state index in [1.165, 1.54) is 9.80 Å². The molecule has 9 nitrogen and oxygen atoms in total. The molecule has 0 atom stereocenters. The fourth-order valence-corrected chi connectivity index (χ4v) is 3.69. The van der Waals surface area contributed by atoms with E-state index < -0.39 is 0 Å². The van der Waals surface area contributed by atoms with Crippen LogP contribution in [0.25, 0.3) is 0 Å². The summed E-state index contributed by atoms with van der Waals surface area (Å²) >= 11 is 0. The van der Waals surface area contributed by atoms with E-state index in [9.17, 15) is 19.2 Å². The first kappa shape index (κ1) is 27.0. The molecule has 0 aromatic heterocycles. The average molecular weight is 474 g/mol. The van der Waals surface area contributed by atoms with Crippen molar-refractivity contribution in [1.29, 1.82) is 0 Å². The van der Waals surface area contributed by atoms with Crippen LogP contribution in [-0.4, -0.2) is 76.5 Å². The SMILES string of the molecule is CNC1=C(C(=O)c2ccc(N(C)C(=O)CC(=O)N(C)CCOCCCOC=O)cc2)CCCC1. The molecule has 0 spiro atoms. The summed E-state index contributed by atoms with van der Waals surface area (Å²) in [6.45, 7) is 1.79. The van der Waals surface area contributed by atoms with E-state index in [1.54, 1.807) is 38.4 Å². The van der Waals surface area contributed by atoms with Gasteiger partial charge in [-0.15, -0.1) is 0 Å². The second-order valence-corrected chi connectivity index (χ2v) is 8.17. The first-order valence-corrected chi connectivity index (χ1v) is 11.6. The average Bonchev–Trinajstić information content (AvgIpc) is 2.87. The van der Waals surface area contributed by atoms with Gasteiger partial charge in [0.25, 0.3) is 6.47 Å². The Labute approximate surface area is 201 Å². The molecule has 1 aromatic carbocycles. The predicted octanol–water partition coefficient (Wildman–Crippen LogP) is 2.31. The van der Waals surface area contributed by atoms with Gasteiger partial charge in [-0.2, -0.15) is 0 Å². The lowest BCUT2D eigenvalue weighted by Gasteiger charge is -2.21. The van der Waals surface area contributed by atoms with Gasteiger partial charge in [0.2, 0.25) is 11.8 Å². The standard InChI is InChI=1S/C25H35N3O6/c1-26-22-8-5-4-7-21(22)25(32)19-9-11-20(12-10-19)28(3)24(31)17-23(30)27(2)13-16-33-14-6-15-34-18-29/h9-12,18,26H,4-8,13-17H2,1-3H3. The molecular formula is C25H35N3O6. The maximum atomic E-state index is 12.9. The molecule has 186 valence electrons. The summed E-state index contributed by atoms with van der Waals surface area (Å²) < 4.78 is 9.96. The Morgan fingerprint density at radius 2 is 1.71 bits per heavy atom. The Hall–Kier alpha value is -3.20. The van der Waals surface area contributed by atoms with Crippen LogP contribution in [0.1, 0.15) is 48.9 Å². The van der Waals surface area contributed by atoms with Crippen LogP contribution in [0, 0.1) is 0 Å². The lowest BCUT2D eigenvalue weighted by molar-refractivity contribution is -0.135. The number of amides is 2. The highest BCUT2D eigenvalue weighted by Gasteiger charge is 2.21. The van der Waals surface area contributed by atoms with E-state index in [4.69, 9.17) is 4.74 Å². The second-order valence-electron chi connectivity index (χ2n) is 8.17. The number of hydrogen-bond donors (Lipinski definition) is 1. The van der Waals surface area contributed by atoms with E-state index >= 15 is 0 Å². The van der Waals surface area contributed by atoms with Crippen LogP contribution in [0.2, 0.25) is 0 Å². The topological polar surface area (TPSA) is 105 Å². The Morgan fingerprint density at radius 1 is 1.00 bits per heavy atom. The van der Waals surface area contributed by atoms with Crippen molar-refractivity contribution in [3.05, 3.63) is 41.1 Å². The summed E-state index contributed by atoms with van der Waals surface area (Å²) in [6.07, 6.45) is 4.06. The summed E-state index contributed by atoms with van der Waals surface area (Å²) in [7, 11) is 5.07. The monoisotopic (exact) mass is 473 g/mol. The first-order valence-electron chi connectivity index (χ1n) is 11.6. The van der Waals surface area contributed by atoms with Crippen LogP contribution in [0.5, 0.6) is 0 Å². The molecule has 0 unspecified atom stereocenters. The number of Topliss-reactive ketones (excluding diaryl/α,β-unsaturated/α-hetero) is 1. The highest BCUT2D eigenvalue weighted by Crippen LogP contribution is 2.26. The molecule has 34 heavy (non-hydrogen) atoms. The van der Waals surface area contributed by atoms with Gasteiger partial charge < -0.3 is 24.6 Å². The normalized spacial score (nSPS) is 13.3. The van der Waals surface area contributed by atoms with Gasteiger partial charge in [0.05, 0.1) is 13.2 Å². The molecule has 0 saturated carbocycles. The van der Waals surface area contributed by atoms with E-state index in [1.807, 2.05) is 7.05 Å². The van der Waals surface area contributed by atoms with Crippen molar-refractivity contribution < 1.29 is 28.7 Å². The molecule has 0 fully saturated rings. The van der Waals surface area contributed by atoms with Crippen molar-refractivity contribution in [1.82, 2.24) is 10.2 Å². The number of nitrogens with zero attached hydrogens (tertiary/aromatic N) is 2. The summed E-state index contributed by atoms with van der Waals surface area (Å²) in [6, 6.07) is 6.90. The molecule has 0 aliphatic heterocycles. The largest absolute Gasteiger partial charge is 0.468 e. The van der Waals surface area contributed by atoms with Gasteiger partial charge in [0, 0.05) is 63.2 Å². The number of carbonyl (C=O) groups is 4. The first-order chi connectivity index (χ1) is 16.4. The number of carbonyl (C=O) groups excluding carboxylic acids is 4. The molecule has 0 saturated heterocycles. The van der Waals surface area contributed by atoms with Gasteiger partial charge in [0.1, 0.15) is 6.42 Å². The highest BCUT2D eigenvalue weighted by molar-refractivity contribution is 6.10. The van der Waals surface area contributed by atoms with Crippen LogP contribution in [-0.2, 0) is 23.9 Å². The molecule has 0 heterocycles. The zero-order chi connectivity index (χ0) is 24.9. The lowest BCUT2D eigenvalue weighted by atomic mass is 9.90. The zero-order valence-corrected chi connectivity index (χ0v) is 20.3. The molecule has 1 aliphatic rings. The third kappa shape index (κ3) is 7.98. The quantitative estimate of drug-likeness (QED) is 0.191. The number of hydrogen-bond acceptors (Lipinski definition) is 7. The molecule has 0 radical (unpaired) electrons. The zero-order valence-electron chi connectivity index (χ0n) is 20.3. The van der Waals surface area contributed by atoms with Crippen molar-refractivity contribution in [3.8, 4) is 0 Å². The Morgan fingerprint density at radius 3 is 2.38 bits per heavy atom. The van der Waals surface area contributed by atoms with Crippen LogP contribution in [0.4, 0.5) is 5.69 Å². The van der Waals surface area contributed by atoms with Gasteiger partial charge >= 0.3 is 0 Å². The smallest absolute Gasteiger partial charge is 0.293 e. The summed E-state index contributed by atoms with van der Waals surface area (Å²) in [4.78, 5) is 50.8. The third-order valence-electron chi connectivity index (χ3n) is 5.85. The number of allylic oxidation sites excluding steroid dienone is 2. The highest BCUT2D eigenvalue weighted by atomic mass is 16.5. The Balaban J connectivity index is 1.84. The fourth-order valence-electron chi connectivity index (χ4n) is 3.69. The van der Waals surface area contributed by atoms with Crippen molar-refractivity contribution >= 4 is 29.8 Å². The molecule has 2 rings (SSSR count). The van der Waals surface area contributed by atoms with Gasteiger partial charge in [-0.05, 0) is 49.9 Å².